The average Bonchev–Trinajstić information content (AvgIpc) is 3.33. The van der Waals surface area contributed by atoms with Crippen molar-refractivity contribution in [2.24, 2.45) is 9.98 Å². The van der Waals surface area contributed by atoms with Gasteiger partial charge < -0.3 is 5.11 Å². The molecule has 0 atom stereocenters. The largest absolute Gasteiger partial charge is 0.512 e. The number of aliphatic hydroxyl groups is 1. The molecule has 0 radical (unpaired) electrons. The van der Waals surface area contributed by atoms with Crippen molar-refractivity contribution in [1.82, 2.24) is 0 Å². The van der Waals surface area contributed by atoms with Crippen LogP contribution in [0.1, 0.15) is 43.5 Å². The summed E-state index contributed by atoms with van der Waals surface area (Å²) in [5, 5.41) is 10.2. The third-order valence-corrected chi connectivity index (χ3v) is 13.8. The molecule has 0 saturated carbocycles. The summed E-state index contributed by atoms with van der Waals surface area (Å²) in [4.78, 5) is 21.5. The summed E-state index contributed by atoms with van der Waals surface area (Å²) in [6, 6.07) is 66.1. The summed E-state index contributed by atoms with van der Waals surface area (Å²) >= 11 is 3.61. The van der Waals surface area contributed by atoms with Gasteiger partial charge in [0.15, 0.2) is 5.78 Å². The molecule has 1 aliphatic heterocycles. The SMILES string of the molecule is C.CC(=O)C=C(C)O.Cc1ccc(-c2cc(-c3ccccc3)cc(-c3ccc(C)cc3)c2N=C2SCCSC2=Nc2c(-c3ccc(C)cc3)cc(-c3ccccc3)cc2-c2ccc(C)cc2)cc1.[Ni]. The fourth-order valence-corrected chi connectivity index (χ4v) is 10.0. The molecule has 69 heavy (non-hydrogen) atoms. The van der Waals surface area contributed by atoms with Crippen LogP contribution >= 0.6 is 23.5 Å². The van der Waals surface area contributed by atoms with Gasteiger partial charge in [0.2, 0.25) is 0 Å². The molecule has 8 aromatic carbocycles. The summed E-state index contributed by atoms with van der Waals surface area (Å²) < 4.78 is 0. The molecule has 0 aliphatic carbocycles. The topological polar surface area (TPSA) is 62.0 Å². The van der Waals surface area contributed by atoms with E-state index in [9.17, 15) is 4.79 Å². The second-order valence-corrected chi connectivity index (χ2v) is 19.1. The van der Waals surface area contributed by atoms with Crippen molar-refractivity contribution in [2.45, 2.75) is 49.0 Å². The zero-order valence-corrected chi connectivity index (χ0v) is 41.8. The first-order chi connectivity index (χ1) is 32.5. The van der Waals surface area contributed by atoms with Crippen LogP contribution < -0.4 is 0 Å². The van der Waals surface area contributed by atoms with Crippen LogP contribution in [-0.4, -0.2) is 32.5 Å². The van der Waals surface area contributed by atoms with Gasteiger partial charge in [0.25, 0.3) is 0 Å². The van der Waals surface area contributed by atoms with Crippen molar-refractivity contribution < 1.29 is 26.4 Å². The van der Waals surface area contributed by atoms with Crippen LogP contribution in [0.25, 0.3) is 66.8 Å². The molecule has 0 spiro atoms. The van der Waals surface area contributed by atoms with E-state index in [2.05, 4.69) is 210 Å². The van der Waals surface area contributed by atoms with Crippen LogP contribution in [0.15, 0.2) is 204 Å². The predicted octanol–water partition coefficient (Wildman–Crippen LogP) is 17.8. The number of aliphatic hydroxyl groups excluding tert-OH is 1. The zero-order chi connectivity index (χ0) is 46.9. The van der Waals surface area contributed by atoms with Crippen LogP contribution in [0.2, 0.25) is 0 Å². The van der Waals surface area contributed by atoms with E-state index in [1.54, 1.807) is 23.5 Å². The predicted molar refractivity (Wildman–Crippen MR) is 297 cm³/mol. The smallest absolute Gasteiger partial charge is 0.155 e. The average molecular weight is 986 g/mol. The Hall–Kier alpha value is -6.50. The van der Waals surface area contributed by atoms with Crippen LogP contribution in [-0.2, 0) is 21.3 Å². The Labute approximate surface area is 427 Å². The first-order valence-corrected chi connectivity index (χ1v) is 24.5. The van der Waals surface area contributed by atoms with E-state index >= 15 is 0 Å². The second kappa shape index (κ2) is 24.2. The minimum absolute atomic E-state index is 0. The van der Waals surface area contributed by atoms with Gasteiger partial charge in [0.05, 0.1) is 17.1 Å². The molecule has 0 amide bonds. The maximum absolute atomic E-state index is 10.0. The number of nitrogens with zero attached hydrogens (tertiary/aromatic N) is 2. The monoisotopic (exact) mass is 984 g/mol. The number of hydrogen-bond acceptors (Lipinski definition) is 6. The number of carbonyl (C=O) groups is 1. The number of ketones is 1. The molecule has 0 bridgehead atoms. The van der Waals surface area contributed by atoms with Gasteiger partial charge in [0, 0.05) is 56.3 Å². The van der Waals surface area contributed by atoms with E-state index in [-0.39, 0.29) is 35.5 Å². The van der Waals surface area contributed by atoms with Crippen molar-refractivity contribution in [3.8, 4) is 66.8 Å². The summed E-state index contributed by atoms with van der Waals surface area (Å²) in [6.07, 6.45) is 1.17. The Kier molecular flexibility index (Phi) is 18.2. The normalized spacial score (nSPS) is 13.4. The molecule has 1 heterocycles. The van der Waals surface area contributed by atoms with E-state index in [0.717, 1.165) is 88.6 Å². The molecule has 8 aromatic rings. The van der Waals surface area contributed by atoms with Crippen molar-refractivity contribution in [1.29, 1.82) is 0 Å². The minimum atomic E-state index is -0.125. The summed E-state index contributed by atoms with van der Waals surface area (Å²) in [5.41, 5.74) is 20.4. The Bertz CT molecular complexity index is 2770. The van der Waals surface area contributed by atoms with E-state index < -0.39 is 0 Å². The Morgan fingerprint density at radius 2 is 0.710 bits per heavy atom. The molecular weight excluding hydrogens is 928 g/mol. The van der Waals surface area contributed by atoms with Crippen LogP contribution in [0.5, 0.6) is 0 Å². The number of benzene rings is 8. The standard InChI is InChI=1S/C56H46N2S2.C5H8O2.CH4.Ni/c1-37-15-23-43(24-16-37)49-33-47(41-11-7-5-8-12-41)34-50(44-25-17-38(2)18-26-44)53(49)57-55-56(60-32-31-59-55)58-54-51(45-27-19-39(3)20-28-45)35-48(42-13-9-6-10-14-42)36-52(54)46-29-21-40(4)22-30-46;1-4(6)3-5(2)7;;/h5-30,33-36H,31-32H2,1-4H3;3,6H,1-2H3;1H4;. The zero-order valence-electron chi connectivity index (χ0n) is 39.2. The Balaban J connectivity index is 0.000000809. The van der Waals surface area contributed by atoms with Gasteiger partial charge in [-0.15, -0.1) is 23.5 Å². The molecule has 0 aromatic heterocycles. The van der Waals surface area contributed by atoms with Crippen LogP contribution in [0.3, 0.4) is 0 Å². The number of thioether (sulfide) groups is 2. The van der Waals surface area contributed by atoms with Gasteiger partial charge in [0.1, 0.15) is 10.1 Å². The molecule has 1 saturated heterocycles. The van der Waals surface area contributed by atoms with Crippen LogP contribution in [0.4, 0.5) is 11.4 Å². The van der Waals surface area contributed by atoms with Crippen molar-refractivity contribution >= 4 is 50.8 Å². The number of carbonyl (C=O) groups excluding carboxylic acids is 1. The quantitative estimate of drug-likeness (QED) is 0.0889. The van der Waals surface area contributed by atoms with E-state index in [4.69, 9.17) is 15.1 Å². The third-order valence-electron chi connectivity index (χ3n) is 11.5. The molecule has 1 N–H and O–H groups in total. The fourth-order valence-electron chi connectivity index (χ4n) is 7.97. The number of allylic oxidation sites excluding steroid dienone is 2. The molecule has 1 fully saturated rings. The maximum Gasteiger partial charge on any atom is 0.155 e. The fraction of sp³-hybridized carbons (Fsp3) is 0.145. The van der Waals surface area contributed by atoms with Crippen molar-refractivity contribution in [3.05, 3.63) is 216 Å². The molecule has 1 aliphatic rings. The number of aliphatic imine (C=N–C) groups is 2. The number of rotatable bonds is 9. The van der Waals surface area contributed by atoms with E-state index in [1.807, 2.05) is 0 Å². The van der Waals surface area contributed by atoms with Gasteiger partial charge in [-0.2, -0.15) is 0 Å². The molecule has 0 unspecified atom stereocenters. The molecule has 9 rings (SSSR count). The van der Waals surface area contributed by atoms with E-state index in [1.165, 1.54) is 53.3 Å². The molecule has 7 heteroatoms. The molecule has 4 nitrogen and oxygen atoms in total. The molecular formula is C62H58N2NiO2S2. The Morgan fingerprint density at radius 1 is 0.435 bits per heavy atom. The first kappa shape index (κ1) is 51.9. The number of aryl methyl sites for hydroxylation is 4. The van der Waals surface area contributed by atoms with E-state index in [0.29, 0.717) is 0 Å². The van der Waals surface area contributed by atoms with Crippen molar-refractivity contribution in [2.75, 3.05) is 11.5 Å². The van der Waals surface area contributed by atoms with Gasteiger partial charge >= 0.3 is 0 Å². The Morgan fingerprint density at radius 3 is 0.942 bits per heavy atom. The van der Waals surface area contributed by atoms with Crippen LogP contribution in [0, 0.1) is 27.7 Å². The van der Waals surface area contributed by atoms with Gasteiger partial charge in [-0.1, -0.05) is 187 Å². The van der Waals surface area contributed by atoms with Gasteiger partial charge in [-0.3, -0.25) is 4.79 Å². The summed E-state index contributed by atoms with van der Waals surface area (Å²) in [5.74, 6) is 1.84. The summed E-state index contributed by atoms with van der Waals surface area (Å²) in [6.45, 7) is 11.4. The van der Waals surface area contributed by atoms with Crippen molar-refractivity contribution in [3.63, 3.8) is 0 Å². The number of hydrogen-bond donors (Lipinski definition) is 1. The van der Waals surface area contributed by atoms with Gasteiger partial charge in [-0.05, 0) is 110 Å². The molecule has 350 valence electrons. The minimum Gasteiger partial charge on any atom is -0.512 e. The van der Waals surface area contributed by atoms with Gasteiger partial charge in [-0.25, -0.2) is 9.98 Å². The third kappa shape index (κ3) is 13.2. The first-order valence-electron chi connectivity index (χ1n) is 22.6. The second-order valence-electron chi connectivity index (χ2n) is 17.0. The maximum atomic E-state index is 10.0. The summed E-state index contributed by atoms with van der Waals surface area (Å²) in [7, 11) is 0.